The average Bonchev–Trinajstić information content (AvgIpc) is 2.75. The van der Waals surface area contributed by atoms with Gasteiger partial charge < -0.3 is 29.2 Å². The van der Waals surface area contributed by atoms with E-state index < -0.39 is 0 Å². The van der Waals surface area contributed by atoms with E-state index in [0.29, 0.717) is 29.4 Å². The van der Waals surface area contributed by atoms with Gasteiger partial charge in [0.05, 0.1) is 39.1 Å². The highest BCUT2D eigenvalue weighted by molar-refractivity contribution is 5.98. The van der Waals surface area contributed by atoms with Crippen LogP contribution in [-0.4, -0.2) is 57.5 Å². The Morgan fingerprint density at radius 3 is 2.33 bits per heavy atom. The van der Waals surface area contributed by atoms with Gasteiger partial charge in [-0.25, -0.2) is 4.98 Å². The molecule has 1 aliphatic rings. The number of nitrogens with one attached hydrogen (secondary N) is 1. The number of benzene rings is 1. The molecule has 1 aromatic heterocycles. The van der Waals surface area contributed by atoms with Crippen LogP contribution in [0, 0.1) is 0 Å². The monoisotopic (exact) mass is 415 g/mol. The van der Waals surface area contributed by atoms with Crippen molar-refractivity contribution in [2.75, 3.05) is 39.3 Å². The van der Waals surface area contributed by atoms with Crippen LogP contribution >= 0.6 is 0 Å². The van der Waals surface area contributed by atoms with Gasteiger partial charge in [0.25, 0.3) is 5.91 Å². The van der Waals surface area contributed by atoms with Crippen LogP contribution in [0.1, 0.15) is 29.8 Å². The van der Waals surface area contributed by atoms with Gasteiger partial charge in [-0.2, -0.15) is 0 Å². The molecule has 2 aromatic rings. The summed E-state index contributed by atoms with van der Waals surface area (Å²) in [5.41, 5.74) is 1.27. The third kappa shape index (κ3) is 4.76. The number of hydrogen-bond donors (Lipinski definition) is 1. The predicted molar refractivity (Wildman–Crippen MR) is 114 cm³/mol. The van der Waals surface area contributed by atoms with Gasteiger partial charge in [-0.05, 0) is 37.6 Å². The standard InChI is InChI=1S/C22H29N3O5/c1-14-12-25(13-15(2)30-14)19-9-6-16(10-23-19)11-24-22(26)17-7-8-18(27-3)21(29-5)20(17)28-4/h6-10,14-15H,11-13H2,1-5H3,(H,24,26). The number of nitrogens with zero attached hydrogens (tertiary/aromatic N) is 2. The minimum atomic E-state index is -0.271. The van der Waals surface area contributed by atoms with E-state index in [1.807, 2.05) is 12.1 Å². The molecule has 0 aliphatic carbocycles. The lowest BCUT2D eigenvalue weighted by molar-refractivity contribution is -0.00546. The van der Waals surface area contributed by atoms with Crippen molar-refractivity contribution in [1.82, 2.24) is 10.3 Å². The second-order valence-electron chi connectivity index (χ2n) is 7.25. The van der Waals surface area contributed by atoms with Crippen molar-refractivity contribution in [2.45, 2.75) is 32.6 Å². The Labute approximate surface area is 177 Å². The zero-order valence-electron chi connectivity index (χ0n) is 18.1. The topological polar surface area (TPSA) is 82.2 Å². The van der Waals surface area contributed by atoms with Gasteiger partial charge >= 0.3 is 0 Å². The number of hydrogen-bond acceptors (Lipinski definition) is 7. The maximum Gasteiger partial charge on any atom is 0.255 e. The first-order valence-corrected chi connectivity index (χ1v) is 9.89. The van der Waals surface area contributed by atoms with Crippen molar-refractivity contribution in [2.24, 2.45) is 0 Å². The van der Waals surface area contributed by atoms with Crippen molar-refractivity contribution in [1.29, 1.82) is 0 Å². The van der Waals surface area contributed by atoms with Gasteiger partial charge in [0.15, 0.2) is 11.5 Å². The molecule has 162 valence electrons. The lowest BCUT2D eigenvalue weighted by Gasteiger charge is -2.36. The van der Waals surface area contributed by atoms with E-state index in [9.17, 15) is 4.79 Å². The Morgan fingerprint density at radius 2 is 1.77 bits per heavy atom. The molecule has 1 aliphatic heterocycles. The van der Waals surface area contributed by atoms with Crippen LogP contribution in [0.25, 0.3) is 0 Å². The Balaban J connectivity index is 1.66. The summed E-state index contributed by atoms with van der Waals surface area (Å²) in [6.45, 7) is 6.10. The first-order chi connectivity index (χ1) is 14.5. The van der Waals surface area contributed by atoms with Crippen LogP contribution in [0.4, 0.5) is 5.82 Å². The van der Waals surface area contributed by atoms with Crippen LogP contribution < -0.4 is 24.4 Å². The second kappa shape index (κ2) is 9.67. The molecule has 0 spiro atoms. The molecule has 2 heterocycles. The molecule has 1 saturated heterocycles. The average molecular weight is 415 g/mol. The van der Waals surface area contributed by atoms with Gasteiger partial charge in [-0.15, -0.1) is 0 Å². The fraction of sp³-hybridized carbons (Fsp3) is 0.455. The molecule has 2 unspecified atom stereocenters. The van der Waals surface area contributed by atoms with Crippen LogP contribution in [0.3, 0.4) is 0 Å². The van der Waals surface area contributed by atoms with Crippen molar-refractivity contribution in [3.05, 3.63) is 41.6 Å². The van der Waals surface area contributed by atoms with Gasteiger partial charge in [-0.1, -0.05) is 6.07 Å². The molecule has 0 saturated carbocycles. The molecule has 1 aromatic carbocycles. The van der Waals surface area contributed by atoms with Crippen molar-refractivity contribution >= 4 is 11.7 Å². The molecule has 30 heavy (non-hydrogen) atoms. The summed E-state index contributed by atoms with van der Waals surface area (Å²) in [7, 11) is 4.53. The number of carbonyl (C=O) groups excluding carboxylic acids is 1. The molecule has 8 nitrogen and oxygen atoms in total. The number of anilines is 1. The van der Waals surface area contributed by atoms with Gasteiger partial charge in [-0.3, -0.25) is 4.79 Å². The van der Waals surface area contributed by atoms with E-state index >= 15 is 0 Å². The first-order valence-electron chi connectivity index (χ1n) is 9.89. The summed E-state index contributed by atoms with van der Waals surface area (Å²) in [6, 6.07) is 7.27. The van der Waals surface area contributed by atoms with E-state index in [2.05, 4.69) is 29.0 Å². The molecule has 0 radical (unpaired) electrons. The van der Waals surface area contributed by atoms with Crippen molar-refractivity contribution in [3.8, 4) is 17.2 Å². The van der Waals surface area contributed by atoms with E-state index in [-0.39, 0.29) is 18.1 Å². The van der Waals surface area contributed by atoms with Crippen LogP contribution in [0.5, 0.6) is 17.2 Å². The quantitative estimate of drug-likeness (QED) is 0.744. The maximum atomic E-state index is 12.7. The smallest absolute Gasteiger partial charge is 0.255 e. The lowest BCUT2D eigenvalue weighted by atomic mass is 10.1. The molecule has 1 amide bonds. The summed E-state index contributed by atoms with van der Waals surface area (Å²) in [5.74, 6) is 1.85. The zero-order chi connectivity index (χ0) is 21.7. The minimum absolute atomic E-state index is 0.172. The van der Waals surface area contributed by atoms with E-state index in [0.717, 1.165) is 24.5 Å². The molecular formula is C22H29N3O5. The number of carbonyl (C=O) groups is 1. The summed E-state index contributed by atoms with van der Waals surface area (Å²) in [4.78, 5) is 19.5. The summed E-state index contributed by atoms with van der Waals surface area (Å²) >= 11 is 0. The Morgan fingerprint density at radius 1 is 1.07 bits per heavy atom. The number of aromatic nitrogens is 1. The highest BCUT2D eigenvalue weighted by Gasteiger charge is 2.23. The van der Waals surface area contributed by atoms with E-state index in [1.165, 1.54) is 21.3 Å². The number of rotatable bonds is 7. The van der Waals surface area contributed by atoms with E-state index in [1.54, 1.807) is 18.3 Å². The van der Waals surface area contributed by atoms with Crippen molar-refractivity contribution in [3.63, 3.8) is 0 Å². The molecule has 1 N–H and O–H groups in total. The van der Waals surface area contributed by atoms with Crippen LogP contribution in [0.2, 0.25) is 0 Å². The highest BCUT2D eigenvalue weighted by Crippen LogP contribution is 2.39. The summed E-state index contributed by atoms with van der Waals surface area (Å²) in [5, 5.41) is 2.90. The highest BCUT2D eigenvalue weighted by atomic mass is 16.5. The zero-order valence-corrected chi connectivity index (χ0v) is 18.1. The fourth-order valence-electron chi connectivity index (χ4n) is 3.63. The molecule has 2 atom stereocenters. The maximum absolute atomic E-state index is 12.7. The molecular weight excluding hydrogens is 386 g/mol. The number of morpholine rings is 1. The Hall–Kier alpha value is -3.00. The number of amides is 1. The molecule has 1 fully saturated rings. The third-order valence-corrected chi connectivity index (χ3v) is 4.95. The minimum Gasteiger partial charge on any atom is -0.493 e. The van der Waals surface area contributed by atoms with Crippen LogP contribution in [0.15, 0.2) is 30.5 Å². The largest absolute Gasteiger partial charge is 0.493 e. The predicted octanol–water partition coefficient (Wildman–Crippen LogP) is 2.65. The molecule has 0 bridgehead atoms. The number of ether oxygens (including phenoxy) is 4. The first kappa shape index (κ1) is 21.7. The van der Waals surface area contributed by atoms with Gasteiger partial charge in [0.1, 0.15) is 5.82 Å². The fourth-order valence-corrected chi connectivity index (χ4v) is 3.63. The van der Waals surface area contributed by atoms with Gasteiger partial charge in [0, 0.05) is 25.8 Å². The number of pyridine rings is 1. The number of methoxy groups -OCH3 is 3. The van der Waals surface area contributed by atoms with E-state index in [4.69, 9.17) is 18.9 Å². The molecule has 3 rings (SSSR count). The summed E-state index contributed by atoms with van der Waals surface area (Å²) in [6.07, 6.45) is 2.13. The Bertz CT molecular complexity index is 862. The van der Waals surface area contributed by atoms with Gasteiger partial charge in [0.2, 0.25) is 5.75 Å². The van der Waals surface area contributed by atoms with Crippen molar-refractivity contribution < 1.29 is 23.7 Å². The SMILES string of the molecule is COc1ccc(C(=O)NCc2ccc(N3CC(C)OC(C)C3)nc2)c(OC)c1OC. The van der Waals surface area contributed by atoms with Crippen LogP contribution in [-0.2, 0) is 11.3 Å². The summed E-state index contributed by atoms with van der Waals surface area (Å²) < 4.78 is 21.8. The normalized spacial score (nSPS) is 18.6. The lowest BCUT2D eigenvalue weighted by Crippen LogP contribution is -2.45. The molecule has 8 heteroatoms. The third-order valence-electron chi connectivity index (χ3n) is 4.95. The second-order valence-corrected chi connectivity index (χ2v) is 7.25. The Kier molecular flexibility index (Phi) is 6.99.